The molecule has 2 aromatic heterocycles. The van der Waals surface area contributed by atoms with E-state index in [9.17, 15) is 4.79 Å². The fraction of sp³-hybridized carbons (Fsp3) is 0.389. The van der Waals surface area contributed by atoms with E-state index < -0.39 is 0 Å². The summed E-state index contributed by atoms with van der Waals surface area (Å²) in [5.41, 5.74) is 2.44. The zero-order valence-electron chi connectivity index (χ0n) is 13.9. The number of fused-ring (bicyclic) bond motifs is 1. The molecule has 1 atom stereocenters. The van der Waals surface area contributed by atoms with Gasteiger partial charge in [-0.05, 0) is 54.4 Å². The van der Waals surface area contributed by atoms with Crippen molar-refractivity contribution in [1.82, 2.24) is 9.97 Å². The average molecular weight is 409 g/mol. The Labute approximate surface area is 155 Å². The second-order valence-electron chi connectivity index (χ2n) is 6.91. The normalized spacial score (nSPS) is 17.3. The van der Waals surface area contributed by atoms with Crippen LogP contribution < -0.4 is 4.90 Å². The van der Waals surface area contributed by atoms with Crippen molar-refractivity contribution in [2.45, 2.75) is 44.5 Å². The first kappa shape index (κ1) is 17.4. The minimum absolute atomic E-state index is 0.0708. The highest BCUT2D eigenvalue weighted by Gasteiger charge is 2.43. The number of amides is 1. The highest BCUT2D eigenvalue weighted by atomic mass is 79.9. The molecule has 1 amide bonds. The van der Waals surface area contributed by atoms with Gasteiger partial charge in [-0.3, -0.25) is 14.7 Å². The summed E-state index contributed by atoms with van der Waals surface area (Å²) in [5.74, 6) is 0.917. The van der Waals surface area contributed by atoms with Gasteiger partial charge in [0, 0.05) is 46.0 Å². The van der Waals surface area contributed by atoms with Crippen LogP contribution in [0, 0.1) is 0 Å². The highest BCUT2D eigenvalue weighted by molar-refractivity contribution is 9.10. The average Bonchev–Trinajstić information content (AvgIpc) is 2.81. The molecule has 3 heterocycles. The molecular weight excluding hydrogens is 390 g/mol. The second kappa shape index (κ2) is 6.45. The van der Waals surface area contributed by atoms with Crippen LogP contribution in [0.1, 0.15) is 43.5 Å². The molecule has 4 nitrogen and oxygen atoms in total. The van der Waals surface area contributed by atoms with Gasteiger partial charge in [-0.2, -0.15) is 0 Å². The summed E-state index contributed by atoms with van der Waals surface area (Å²) in [6.07, 6.45) is 4.01. The molecule has 0 spiro atoms. The Morgan fingerprint density at radius 1 is 1.33 bits per heavy atom. The number of carbonyl (C=O) groups is 1. The van der Waals surface area contributed by atoms with Crippen molar-refractivity contribution < 1.29 is 4.79 Å². The van der Waals surface area contributed by atoms with E-state index in [4.69, 9.17) is 11.6 Å². The Kier molecular flexibility index (Phi) is 4.67. The molecule has 0 radical (unpaired) electrons. The Morgan fingerprint density at radius 3 is 2.75 bits per heavy atom. The molecule has 0 aliphatic carbocycles. The Morgan fingerprint density at radius 2 is 2.08 bits per heavy atom. The number of anilines is 1. The minimum Gasteiger partial charge on any atom is -0.291 e. The molecule has 1 aliphatic rings. The quantitative estimate of drug-likeness (QED) is 0.705. The highest BCUT2D eigenvalue weighted by Crippen LogP contribution is 2.41. The van der Waals surface area contributed by atoms with Crippen LogP contribution in [0.3, 0.4) is 0 Å². The first-order valence-electron chi connectivity index (χ1n) is 7.81. The van der Waals surface area contributed by atoms with Crippen LogP contribution in [-0.4, -0.2) is 21.4 Å². The third-order valence-electron chi connectivity index (χ3n) is 4.16. The smallest absolute Gasteiger partial charge is 0.236 e. The molecule has 126 valence electrons. The third kappa shape index (κ3) is 3.07. The SMILES string of the molecule is CC(C)(C)N1C(=O)C(Cc2ncc(Br)cc2CCl)c2cccnc21. The van der Waals surface area contributed by atoms with E-state index in [1.54, 1.807) is 17.3 Å². The third-order valence-corrected chi connectivity index (χ3v) is 4.88. The van der Waals surface area contributed by atoms with Gasteiger partial charge in [-0.25, -0.2) is 4.98 Å². The van der Waals surface area contributed by atoms with Crippen molar-refractivity contribution in [3.05, 3.63) is 51.9 Å². The Balaban J connectivity index is 2.02. The molecule has 1 unspecified atom stereocenters. The summed E-state index contributed by atoms with van der Waals surface area (Å²) < 4.78 is 0.887. The van der Waals surface area contributed by atoms with Crippen LogP contribution in [0.4, 0.5) is 5.82 Å². The van der Waals surface area contributed by atoms with E-state index in [1.165, 1.54) is 0 Å². The molecule has 6 heteroatoms. The van der Waals surface area contributed by atoms with E-state index in [-0.39, 0.29) is 17.4 Å². The number of pyridine rings is 2. The molecule has 0 saturated heterocycles. The van der Waals surface area contributed by atoms with Crippen LogP contribution in [-0.2, 0) is 17.1 Å². The van der Waals surface area contributed by atoms with Gasteiger partial charge in [0.15, 0.2) is 0 Å². The second-order valence-corrected chi connectivity index (χ2v) is 8.09. The topological polar surface area (TPSA) is 46.1 Å². The van der Waals surface area contributed by atoms with Gasteiger partial charge in [0.2, 0.25) is 5.91 Å². The number of rotatable bonds is 3. The Hall–Kier alpha value is -1.46. The van der Waals surface area contributed by atoms with E-state index in [1.807, 2.05) is 39.0 Å². The van der Waals surface area contributed by atoms with Crippen molar-refractivity contribution in [2.75, 3.05) is 4.90 Å². The van der Waals surface area contributed by atoms with Crippen molar-refractivity contribution >= 4 is 39.3 Å². The lowest BCUT2D eigenvalue weighted by molar-refractivity contribution is -0.120. The lowest BCUT2D eigenvalue weighted by Gasteiger charge is -2.31. The first-order valence-corrected chi connectivity index (χ1v) is 9.14. The molecule has 0 bridgehead atoms. The molecular formula is C18H19BrClN3O. The predicted molar refractivity (Wildman–Crippen MR) is 99.4 cm³/mol. The summed E-state index contributed by atoms with van der Waals surface area (Å²) in [6.45, 7) is 6.06. The van der Waals surface area contributed by atoms with Crippen molar-refractivity contribution in [3.63, 3.8) is 0 Å². The summed E-state index contributed by atoms with van der Waals surface area (Å²) >= 11 is 9.48. The maximum absolute atomic E-state index is 13.1. The minimum atomic E-state index is -0.322. The maximum Gasteiger partial charge on any atom is 0.236 e. The molecule has 0 N–H and O–H groups in total. The van der Waals surface area contributed by atoms with Crippen LogP contribution in [0.15, 0.2) is 35.1 Å². The monoisotopic (exact) mass is 407 g/mol. The van der Waals surface area contributed by atoms with Crippen LogP contribution >= 0.6 is 27.5 Å². The molecule has 0 saturated carbocycles. The first-order chi connectivity index (χ1) is 11.3. The predicted octanol–water partition coefficient (Wildman–Crippen LogP) is 4.45. The van der Waals surface area contributed by atoms with Gasteiger partial charge < -0.3 is 0 Å². The number of aromatic nitrogens is 2. The standard InChI is InChI=1S/C18H19BrClN3O/c1-18(2,3)23-16-13(5-4-6-21-16)14(17(23)24)8-15-11(9-20)7-12(19)10-22-15/h4-7,10,14H,8-9H2,1-3H3. The Bertz CT molecular complexity index is 788. The zero-order chi connectivity index (χ0) is 17.5. The fourth-order valence-electron chi connectivity index (χ4n) is 3.11. The van der Waals surface area contributed by atoms with Gasteiger partial charge in [-0.1, -0.05) is 6.07 Å². The summed E-state index contributed by atoms with van der Waals surface area (Å²) in [4.78, 5) is 23.8. The number of alkyl halides is 1. The van der Waals surface area contributed by atoms with Crippen LogP contribution in [0.25, 0.3) is 0 Å². The molecule has 0 aromatic carbocycles. The van der Waals surface area contributed by atoms with Gasteiger partial charge >= 0.3 is 0 Å². The molecule has 0 fully saturated rings. The summed E-state index contributed by atoms with van der Waals surface area (Å²) in [5, 5.41) is 0. The molecule has 2 aromatic rings. The number of hydrogen-bond donors (Lipinski definition) is 0. The van der Waals surface area contributed by atoms with E-state index in [0.29, 0.717) is 12.3 Å². The van der Waals surface area contributed by atoms with E-state index in [2.05, 4.69) is 25.9 Å². The zero-order valence-corrected chi connectivity index (χ0v) is 16.2. The number of halogens is 2. The summed E-state index contributed by atoms with van der Waals surface area (Å²) in [6, 6.07) is 5.82. The molecule has 1 aliphatic heterocycles. The number of hydrogen-bond acceptors (Lipinski definition) is 3. The lowest BCUT2D eigenvalue weighted by Crippen LogP contribution is -2.45. The van der Waals surface area contributed by atoms with Crippen molar-refractivity contribution in [3.8, 4) is 0 Å². The largest absolute Gasteiger partial charge is 0.291 e. The summed E-state index contributed by atoms with van der Waals surface area (Å²) in [7, 11) is 0. The van der Waals surface area contributed by atoms with E-state index >= 15 is 0 Å². The fourth-order valence-corrected chi connectivity index (χ4v) is 3.72. The van der Waals surface area contributed by atoms with E-state index in [0.717, 1.165) is 27.1 Å². The number of carbonyl (C=O) groups excluding carboxylic acids is 1. The van der Waals surface area contributed by atoms with Crippen molar-refractivity contribution in [2.24, 2.45) is 0 Å². The maximum atomic E-state index is 13.1. The van der Waals surface area contributed by atoms with Gasteiger partial charge in [0.1, 0.15) is 5.82 Å². The van der Waals surface area contributed by atoms with Crippen molar-refractivity contribution in [1.29, 1.82) is 0 Å². The number of nitrogens with zero attached hydrogens (tertiary/aromatic N) is 3. The van der Waals surface area contributed by atoms with Gasteiger partial charge in [0.05, 0.1) is 5.92 Å². The van der Waals surface area contributed by atoms with Crippen LogP contribution in [0.2, 0.25) is 0 Å². The van der Waals surface area contributed by atoms with Crippen LogP contribution in [0.5, 0.6) is 0 Å². The van der Waals surface area contributed by atoms with Gasteiger partial charge in [0.25, 0.3) is 0 Å². The lowest BCUT2D eigenvalue weighted by atomic mass is 9.95. The molecule has 24 heavy (non-hydrogen) atoms. The van der Waals surface area contributed by atoms with Gasteiger partial charge in [-0.15, -0.1) is 11.6 Å². The molecule has 3 rings (SSSR count).